The maximum Gasteiger partial charge on any atom is 0.339 e. The normalized spacial score (nSPS) is 11.5. The van der Waals surface area contributed by atoms with Gasteiger partial charge in [-0.05, 0) is 0 Å². The summed E-state index contributed by atoms with van der Waals surface area (Å²) in [4.78, 5) is 37.3. The highest BCUT2D eigenvalue weighted by atomic mass is 32.2. The Morgan fingerprint density at radius 1 is 1.41 bits per heavy atom. The smallest absolute Gasteiger partial charge is 0.298 e. The standard InChI is InChI=1S/C10H15N3O3S/c1-10(2,3)6(14)5-17-9-11-7(15)8(16)12-13(9)4/h5H2,1-4H3,(H,12,16). The summed E-state index contributed by atoms with van der Waals surface area (Å²) in [7, 11) is 1.57. The van der Waals surface area contributed by atoms with E-state index < -0.39 is 16.5 Å². The van der Waals surface area contributed by atoms with Gasteiger partial charge in [0.25, 0.3) is 0 Å². The minimum atomic E-state index is -0.839. The molecule has 0 saturated carbocycles. The van der Waals surface area contributed by atoms with Crippen LogP contribution in [0.5, 0.6) is 0 Å². The van der Waals surface area contributed by atoms with Crippen LogP contribution in [0.2, 0.25) is 0 Å². The van der Waals surface area contributed by atoms with Gasteiger partial charge in [0.15, 0.2) is 5.16 Å². The van der Waals surface area contributed by atoms with Crippen LogP contribution >= 0.6 is 11.8 Å². The molecular formula is C10H15N3O3S. The van der Waals surface area contributed by atoms with Gasteiger partial charge in [0, 0.05) is 12.5 Å². The number of nitrogens with one attached hydrogen (secondary N) is 1. The van der Waals surface area contributed by atoms with E-state index >= 15 is 0 Å². The third-order valence-electron chi connectivity index (χ3n) is 2.12. The molecule has 1 heterocycles. The first-order chi connectivity index (χ1) is 7.71. The summed E-state index contributed by atoms with van der Waals surface area (Å²) in [6.45, 7) is 5.49. The van der Waals surface area contributed by atoms with Gasteiger partial charge in [-0.15, -0.1) is 0 Å². The highest BCUT2D eigenvalue weighted by Crippen LogP contribution is 2.20. The molecule has 0 aliphatic carbocycles. The molecule has 6 nitrogen and oxygen atoms in total. The van der Waals surface area contributed by atoms with E-state index in [0.29, 0.717) is 5.16 Å². The van der Waals surface area contributed by atoms with Crippen molar-refractivity contribution >= 4 is 17.5 Å². The fraction of sp³-hybridized carbons (Fsp3) is 0.600. The number of aromatic nitrogens is 3. The largest absolute Gasteiger partial charge is 0.339 e. The van der Waals surface area contributed by atoms with Crippen molar-refractivity contribution < 1.29 is 4.79 Å². The SMILES string of the molecule is Cn1[nH]c(=O)c(=O)nc1SCC(=O)C(C)(C)C. The predicted octanol–water partition coefficient (Wildman–Crippen LogP) is 0.176. The summed E-state index contributed by atoms with van der Waals surface area (Å²) < 4.78 is 1.34. The topological polar surface area (TPSA) is 84.8 Å². The van der Waals surface area contributed by atoms with Crippen molar-refractivity contribution in [3.63, 3.8) is 0 Å². The Morgan fingerprint density at radius 2 is 2.00 bits per heavy atom. The fourth-order valence-electron chi connectivity index (χ4n) is 0.936. The number of carbonyl (C=O) groups excluding carboxylic acids is 1. The average Bonchev–Trinajstić information content (AvgIpc) is 2.19. The number of ketones is 1. The number of nitrogens with zero attached hydrogens (tertiary/aromatic N) is 2. The van der Waals surface area contributed by atoms with Gasteiger partial charge in [0.2, 0.25) is 0 Å². The van der Waals surface area contributed by atoms with Gasteiger partial charge in [-0.25, -0.2) is 0 Å². The molecular weight excluding hydrogens is 242 g/mol. The third-order valence-corrected chi connectivity index (χ3v) is 3.15. The van der Waals surface area contributed by atoms with Gasteiger partial charge < -0.3 is 0 Å². The molecule has 0 radical (unpaired) electrons. The highest BCUT2D eigenvalue weighted by Gasteiger charge is 2.21. The van der Waals surface area contributed by atoms with Crippen molar-refractivity contribution in [2.45, 2.75) is 25.9 Å². The minimum absolute atomic E-state index is 0.0583. The van der Waals surface area contributed by atoms with Crippen molar-refractivity contribution in [3.05, 3.63) is 20.7 Å². The molecule has 0 unspecified atom stereocenters. The maximum atomic E-state index is 11.7. The van der Waals surface area contributed by atoms with Crippen LogP contribution in [0.4, 0.5) is 0 Å². The lowest BCUT2D eigenvalue weighted by atomic mass is 9.92. The molecule has 1 N–H and O–H groups in total. The molecule has 0 saturated heterocycles. The Bertz CT molecular complexity index is 539. The van der Waals surface area contributed by atoms with Crippen LogP contribution in [-0.2, 0) is 11.8 Å². The number of hydrogen-bond donors (Lipinski definition) is 1. The van der Waals surface area contributed by atoms with E-state index in [1.807, 2.05) is 20.8 Å². The molecule has 0 aliphatic rings. The average molecular weight is 257 g/mol. The van der Waals surface area contributed by atoms with Crippen molar-refractivity contribution in [2.24, 2.45) is 12.5 Å². The Kier molecular flexibility index (Phi) is 3.92. The molecule has 0 atom stereocenters. The van der Waals surface area contributed by atoms with Gasteiger partial charge in [0.1, 0.15) is 5.78 Å². The molecule has 0 aromatic carbocycles. The summed E-state index contributed by atoms with van der Waals surface area (Å²) in [6, 6.07) is 0. The lowest BCUT2D eigenvalue weighted by Gasteiger charge is -2.16. The number of thioether (sulfide) groups is 1. The van der Waals surface area contributed by atoms with E-state index in [9.17, 15) is 14.4 Å². The molecule has 0 fully saturated rings. The zero-order chi connectivity index (χ0) is 13.2. The number of H-pyrrole nitrogens is 1. The van der Waals surface area contributed by atoms with Crippen molar-refractivity contribution in [2.75, 3.05) is 5.75 Å². The molecule has 0 amide bonds. The Labute approximate surface area is 102 Å². The lowest BCUT2D eigenvalue weighted by Crippen LogP contribution is -2.34. The third kappa shape index (κ3) is 3.55. The molecule has 1 rings (SSSR count). The fourth-order valence-corrected chi connectivity index (χ4v) is 2.02. The molecule has 94 valence electrons. The number of aryl methyl sites for hydroxylation is 1. The van der Waals surface area contributed by atoms with Crippen molar-refractivity contribution in [3.8, 4) is 0 Å². The molecule has 17 heavy (non-hydrogen) atoms. The molecule has 1 aromatic rings. The summed E-state index contributed by atoms with van der Waals surface area (Å²) in [6.07, 6.45) is 0. The molecule has 1 aromatic heterocycles. The van der Waals surface area contributed by atoms with Crippen LogP contribution in [0, 0.1) is 5.41 Å². The van der Waals surface area contributed by atoms with Crippen LogP contribution in [0.1, 0.15) is 20.8 Å². The monoisotopic (exact) mass is 257 g/mol. The van der Waals surface area contributed by atoms with Crippen LogP contribution in [0.15, 0.2) is 14.7 Å². The zero-order valence-corrected chi connectivity index (χ0v) is 11.1. The van der Waals surface area contributed by atoms with Crippen LogP contribution < -0.4 is 11.1 Å². The number of carbonyl (C=O) groups is 1. The number of aromatic amines is 1. The quantitative estimate of drug-likeness (QED) is 0.616. The van der Waals surface area contributed by atoms with Gasteiger partial charge in [0.05, 0.1) is 5.75 Å². The van der Waals surface area contributed by atoms with Crippen LogP contribution in [0.3, 0.4) is 0 Å². The lowest BCUT2D eigenvalue weighted by molar-refractivity contribution is -0.123. The molecule has 0 spiro atoms. The van der Waals surface area contributed by atoms with Gasteiger partial charge in [-0.3, -0.25) is 24.2 Å². The summed E-state index contributed by atoms with van der Waals surface area (Å²) >= 11 is 1.14. The molecule has 0 aliphatic heterocycles. The van der Waals surface area contributed by atoms with E-state index in [4.69, 9.17) is 0 Å². The van der Waals surface area contributed by atoms with Gasteiger partial charge in [-0.1, -0.05) is 32.5 Å². The second kappa shape index (κ2) is 4.87. The molecule has 0 bridgehead atoms. The van der Waals surface area contributed by atoms with E-state index in [2.05, 4.69) is 10.1 Å². The predicted molar refractivity (Wildman–Crippen MR) is 65.3 cm³/mol. The van der Waals surface area contributed by atoms with E-state index in [-0.39, 0.29) is 11.5 Å². The van der Waals surface area contributed by atoms with E-state index in [1.165, 1.54) is 4.68 Å². The second-order valence-corrected chi connectivity index (χ2v) is 5.60. The van der Waals surface area contributed by atoms with Crippen molar-refractivity contribution in [1.82, 2.24) is 14.8 Å². The van der Waals surface area contributed by atoms with Crippen LogP contribution in [0.25, 0.3) is 0 Å². The van der Waals surface area contributed by atoms with E-state index in [0.717, 1.165) is 11.8 Å². The van der Waals surface area contributed by atoms with Gasteiger partial charge >= 0.3 is 11.1 Å². The van der Waals surface area contributed by atoms with Crippen molar-refractivity contribution in [1.29, 1.82) is 0 Å². The summed E-state index contributed by atoms with van der Waals surface area (Å²) in [5.41, 5.74) is -2.03. The maximum absolute atomic E-state index is 11.7. The highest BCUT2D eigenvalue weighted by molar-refractivity contribution is 7.99. The summed E-state index contributed by atoms with van der Waals surface area (Å²) in [5.74, 6) is 0.276. The Balaban J connectivity index is 2.84. The Hall–Kier alpha value is -1.37. The second-order valence-electron chi connectivity index (χ2n) is 4.66. The minimum Gasteiger partial charge on any atom is -0.298 e. The first-order valence-corrected chi connectivity index (χ1v) is 6.04. The Morgan fingerprint density at radius 3 is 2.53 bits per heavy atom. The number of Topliss-reactive ketones (excluding diaryl/α,β-unsaturated/α-hetero) is 1. The zero-order valence-electron chi connectivity index (χ0n) is 10.2. The number of hydrogen-bond acceptors (Lipinski definition) is 5. The number of rotatable bonds is 3. The summed E-state index contributed by atoms with van der Waals surface area (Å²) in [5, 5.41) is 2.65. The van der Waals surface area contributed by atoms with Crippen LogP contribution in [-0.4, -0.2) is 26.3 Å². The molecule has 7 heteroatoms. The van der Waals surface area contributed by atoms with E-state index in [1.54, 1.807) is 7.05 Å². The first kappa shape index (κ1) is 13.7. The van der Waals surface area contributed by atoms with Gasteiger partial charge in [-0.2, -0.15) is 4.98 Å². The first-order valence-electron chi connectivity index (χ1n) is 5.05.